The Balaban J connectivity index is 1.30. The maximum Gasteiger partial charge on any atom is 0.325 e. The molecule has 2 aromatic heterocycles. The molecule has 0 radical (unpaired) electrons. The van der Waals surface area contributed by atoms with Crippen LogP contribution in [-0.4, -0.2) is 50.6 Å². The number of aromatic nitrogens is 4. The number of rotatable bonds is 5. The van der Waals surface area contributed by atoms with E-state index in [1.807, 2.05) is 13.4 Å². The van der Waals surface area contributed by atoms with Gasteiger partial charge in [-0.1, -0.05) is 13.8 Å². The fourth-order valence-electron chi connectivity index (χ4n) is 4.67. The van der Waals surface area contributed by atoms with Crippen molar-refractivity contribution in [1.82, 2.24) is 24.4 Å². The number of amides is 2. The number of likely N-dealkylation sites (N-methyl/N-ethyl adjacent to an activating group) is 1. The summed E-state index contributed by atoms with van der Waals surface area (Å²) in [7, 11) is 1.81. The summed E-state index contributed by atoms with van der Waals surface area (Å²) in [5.74, 6) is 1.20. The van der Waals surface area contributed by atoms with Crippen molar-refractivity contribution in [3.8, 4) is 0 Å². The van der Waals surface area contributed by atoms with Gasteiger partial charge in [-0.15, -0.1) is 0 Å². The molecular formula is C22H31N7O. The van der Waals surface area contributed by atoms with E-state index in [0.29, 0.717) is 36.3 Å². The summed E-state index contributed by atoms with van der Waals surface area (Å²) in [5.41, 5.74) is 1.34. The van der Waals surface area contributed by atoms with Crippen molar-refractivity contribution in [1.29, 1.82) is 0 Å². The van der Waals surface area contributed by atoms with E-state index >= 15 is 0 Å². The lowest BCUT2D eigenvalue weighted by molar-refractivity contribution is 0.193. The highest BCUT2D eigenvalue weighted by atomic mass is 16.2. The average molecular weight is 410 g/mol. The lowest BCUT2D eigenvalue weighted by atomic mass is 9.75. The van der Waals surface area contributed by atoms with Crippen LogP contribution < -0.4 is 10.2 Å². The van der Waals surface area contributed by atoms with E-state index in [2.05, 4.69) is 39.9 Å². The zero-order chi connectivity index (χ0) is 20.9. The number of anilines is 2. The summed E-state index contributed by atoms with van der Waals surface area (Å²) in [5, 5.41) is 3.52. The monoisotopic (exact) mass is 409 g/mol. The van der Waals surface area contributed by atoms with Crippen LogP contribution in [0.15, 0.2) is 24.8 Å². The van der Waals surface area contributed by atoms with Gasteiger partial charge in [0.2, 0.25) is 5.95 Å². The summed E-state index contributed by atoms with van der Waals surface area (Å²) >= 11 is 0. The molecule has 5 rings (SSSR count). The molecule has 8 nitrogen and oxygen atoms in total. The summed E-state index contributed by atoms with van der Waals surface area (Å²) in [6, 6.07) is 2.32. The van der Waals surface area contributed by atoms with E-state index in [4.69, 9.17) is 4.98 Å². The van der Waals surface area contributed by atoms with E-state index in [1.54, 1.807) is 22.1 Å². The summed E-state index contributed by atoms with van der Waals surface area (Å²) in [6.45, 7) is 6.10. The number of nitrogens with one attached hydrogen (secondary N) is 1. The molecule has 0 aromatic carbocycles. The second-order valence-corrected chi connectivity index (χ2v) is 9.90. The Bertz CT molecular complexity index is 938. The van der Waals surface area contributed by atoms with Gasteiger partial charge in [0.05, 0.1) is 17.6 Å². The first-order valence-corrected chi connectivity index (χ1v) is 11.0. The van der Waals surface area contributed by atoms with Gasteiger partial charge in [0.1, 0.15) is 5.82 Å². The maximum absolute atomic E-state index is 12.3. The molecule has 3 fully saturated rings. The van der Waals surface area contributed by atoms with Crippen LogP contribution in [0.5, 0.6) is 0 Å². The number of hydrogen-bond acceptors (Lipinski definition) is 5. The van der Waals surface area contributed by atoms with Crippen LogP contribution >= 0.6 is 0 Å². The van der Waals surface area contributed by atoms with Gasteiger partial charge in [-0.2, -0.15) is 4.98 Å². The van der Waals surface area contributed by atoms with Crippen molar-refractivity contribution in [2.24, 2.45) is 5.41 Å². The number of carbonyl (C=O) groups excluding carboxylic acids is 1. The first-order chi connectivity index (χ1) is 14.4. The molecule has 0 spiro atoms. The number of carbonyl (C=O) groups is 1. The fraction of sp³-hybridized carbons (Fsp3) is 0.636. The van der Waals surface area contributed by atoms with Gasteiger partial charge in [0, 0.05) is 38.6 Å². The third-order valence-corrected chi connectivity index (χ3v) is 7.06. The van der Waals surface area contributed by atoms with Crippen molar-refractivity contribution in [3.63, 3.8) is 0 Å². The fourth-order valence-corrected chi connectivity index (χ4v) is 4.67. The molecule has 0 atom stereocenters. The van der Waals surface area contributed by atoms with Gasteiger partial charge in [-0.05, 0) is 50.0 Å². The Morgan fingerprint density at radius 3 is 2.53 bits per heavy atom. The van der Waals surface area contributed by atoms with Gasteiger partial charge in [-0.25, -0.2) is 14.8 Å². The van der Waals surface area contributed by atoms with Crippen LogP contribution in [0.2, 0.25) is 0 Å². The number of nitrogens with zero attached hydrogens (tertiary/aromatic N) is 6. The highest BCUT2D eigenvalue weighted by Gasteiger charge is 2.47. The van der Waals surface area contributed by atoms with Gasteiger partial charge in [0.15, 0.2) is 0 Å². The van der Waals surface area contributed by atoms with Crippen molar-refractivity contribution < 1.29 is 4.79 Å². The van der Waals surface area contributed by atoms with Gasteiger partial charge in [0.25, 0.3) is 0 Å². The summed E-state index contributed by atoms with van der Waals surface area (Å²) < 4.78 is 2.31. The maximum atomic E-state index is 12.3. The molecule has 2 aromatic rings. The number of hydrogen-bond donors (Lipinski definition) is 1. The van der Waals surface area contributed by atoms with E-state index in [-0.39, 0.29) is 11.6 Å². The lowest BCUT2D eigenvalue weighted by Crippen LogP contribution is -2.30. The molecule has 3 aliphatic rings. The molecule has 8 heteroatoms. The minimum atomic E-state index is -0.191. The van der Waals surface area contributed by atoms with Gasteiger partial charge < -0.3 is 14.8 Å². The Kier molecular flexibility index (Phi) is 4.48. The second kappa shape index (κ2) is 6.96. The molecular weight excluding hydrogens is 378 g/mol. The molecule has 3 heterocycles. The van der Waals surface area contributed by atoms with Crippen molar-refractivity contribution in [2.45, 2.75) is 64.0 Å². The third kappa shape index (κ3) is 3.52. The third-order valence-electron chi connectivity index (χ3n) is 7.06. The highest BCUT2D eigenvalue weighted by molar-refractivity contribution is 5.93. The Hall–Kier alpha value is -2.64. The quantitative estimate of drug-likeness (QED) is 0.813. The summed E-state index contributed by atoms with van der Waals surface area (Å²) in [4.78, 5) is 29.5. The largest absolute Gasteiger partial charge is 0.343 e. The van der Waals surface area contributed by atoms with Gasteiger partial charge in [-0.3, -0.25) is 4.90 Å². The zero-order valence-electron chi connectivity index (χ0n) is 18.1. The molecule has 30 heavy (non-hydrogen) atoms. The van der Waals surface area contributed by atoms with Crippen LogP contribution in [0.25, 0.3) is 0 Å². The summed E-state index contributed by atoms with van der Waals surface area (Å²) in [6.07, 6.45) is 12.9. The smallest absolute Gasteiger partial charge is 0.325 e. The van der Waals surface area contributed by atoms with E-state index < -0.39 is 0 Å². The Labute approximate surface area is 177 Å². The lowest BCUT2D eigenvalue weighted by Gasteiger charge is -2.34. The normalized spacial score (nSPS) is 23.1. The van der Waals surface area contributed by atoms with E-state index in [1.165, 1.54) is 25.7 Å². The van der Waals surface area contributed by atoms with Crippen LogP contribution in [0.3, 0.4) is 0 Å². The molecule has 0 bridgehead atoms. The standard InChI is InChI=1S/C22H31N7O/c1-21(2)7-4-16(5-8-21)28-14-17(24-15-28)22(9-10-22)26-19-23-11-6-18(25-19)29-13-12-27(3)20(29)30/h6,11,14-16H,4-5,7-10,12-13H2,1-3H3,(H,23,25,26). The molecule has 1 aliphatic heterocycles. The number of imidazole rings is 1. The topological polar surface area (TPSA) is 79.2 Å². The van der Waals surface area contributed by atoms with Crippen LogP contribution in [0.4, 0.5) is 16.6 Å². The van der Waals surface area contributed by atoms with Crippen molar-refractivity contribution in [2.75, 3.05) is 30.4 Å². The zero-order valence-corrected chi connectivity index (χ0v) is 18.1. The van der Waals surface area contributed by atoms with Crippen LogP contribution in [-0.2, 0) is 5.54 Å². The first-order valence-electron chi connectivity index (χ1n) is 11.0. The van der Waals surface area contributed by atoms with E-state index in [9.17, 15) is 4.79 Å². The SMILES string of the molecule is CN1CCN(c2ccnc(NC3(c4cn(C5CCC(C)(C)CC5)cn4)CC3)n2)C1=O. The molecule has 160 valence electrons. The average Bonchev–Trinajstić information content (AvgIpc) is 3.17. The Morgan fingerprint density at radius 1 is 1.10 bits per heavy atom. The molecule has 2 aliphatic carbocycles. The Morgan fingerprint density at radius 2 is 1.87 bits per heavy atom. The second-order valence-electron chi connectivity index (χ2n) is 9.90. The number of urea groups is 1. The molecule has 1 saturated heterocycles. The first kappa shape index (κ1) is 19.3. The molecule has 2 saturated carbocycles. The highest BCUT2D eigenvalue weighted by Crippen LogP contribution is 2.48. The minimum Gasteiger partial charge on any atom is -0.343 e. The molecule has 0 unspecified atom stereocenters. The predicted molar refractivity (Wildman–Crippen MR) is 115 cm³/mol. The minimum absolute atomic E-state index is 0.0183. The predicted octanol–water partition coefficient (Wildman–Crippen LogP) is 3.79. The van der Waals surface area contributed by atoms with Crippen molar-refractivity contribution >= 4 is 17.8 Å². The van der Waals surface area contributed by atoms with E-state index in [0.717, 1.165) is 18.5 Å². The molecule has 1 N–H and O–H groups in total. The van der Waals surface area contributed by atoms with Gasteiger partial charge >= 0.3 is 6.03 Å². The van der Waals surface area contributed by atoms with Crippen LogP contribution in [0.1, 0.15) is 64.1 Å². The van der Waals surface area contributed by atoms with Crippen LogP contribution in [0, 0.1) is 5.41 Å². The van der Waals surface area contributed by atoms with Crippen molar-refractivity contribution in [3.05, 3.63) is 30.5 Å². The molecule has 2 amide bonds.